The van der Waals surface area contributed by atoms with Crippen LogP contribution in [0.25, 0.3) is 10.9 Å². The second-order valence-corrected chi connectivity index (χ2v) is 4.71. The van der Waals surface area contributed by atoms with E-state index >= 15 is 0 Å². The Balaban J connectivity index is 2.15. The second kappa shape index (κ2) is 3.62. The van der Waals surface area contributed by atoms with Crippen molar-refractivity contribution in [2.75, 3.05) is 6.54 Å². The molecule has 1 unspecified atom stereocenters. The number of rotatable bonds is 0. The molecule has 0 fully saturated rings. The number of carbonyl (C=O) groups is 1. The van der Waals surface area contributed by atoms with Crippen LogP contribution in [0.5, 0.6) is 0 Å². The van der Waals surface area contributed by atoms with Crippen LogP contribution >= 0.6 is 0 Å². The van der Waals surface area contributed by atoms with Crippen LogP contribution in [0.2, 0.25) is 0 Å². The van der Waals surface area contributed by atoms with Gasteiger partial charge in [0.15, 0.2) is 0 Å². The molecule has 2 aromatic rings. The van der Waals surface area contributed by atoms with E-state index in [0.717, 1.165) is 13.0 Å². The summed E-state index contributed by atoms with van der Waals surface area (Å²) in [5.41, 5.74) is 3.89. The zero-order valence-corrected chi connectivity index (χ0v) is 10.2. The maximum Gasteiger partial charge on any atom is 0.219 e. The molecule has 3 nitrogen and oxygen atoms in total. The molecule has 1 amide bonds. The second-order valence-electron chi connectivity index (χ2n) is 4.71. The van der Waals surface area contributed by atoms with Crippen molar-refractivity contribution in [2.45, 2.75) is 26.3 Å². The third-order valence-electron chi connectivity index (χ3n) is 3.80. The summed E-state index contributed by atoms with van der Waals surface area (Å²) in [5.74, 6) is 0.162. The average molecular weight is 228 g/mol. The van der Waals surface area contributed by atoms with Gasteiger partial charge in [0.1, 0.15) is 0 Å². The molecular formula is C14H16N2O. The number of benzene rings is 1. The van der Waals surface area contributed by atoms with Crippen molar-refractivity contribution in [3.05, 3.63) is 35.5 Å². The zero-order chi connectivity index (χ0) is 12.0. The number of aromatic nitrogens is 1. The van der Waals surface area contributed by atoms with E-state index in [-0.39, 0.29) is 11.9 Å². The summed E-state index contributed by atoms with van der Waals surface area (Å²) in [7, 11) is 0. The fourth-order valence-corrected chi connectivity index (χ4v) is 2.89. The van der Waals surface area contributed by atoms with Gasteiger partial charge in [0, 0.05) is 25.2 Å². The molecule has 17 heavy (non-hydrogen) atoms. The average Bonchev–Trinajstić information content (AvgIpc) is 2.77. The van der Waals surface area contributed by atoms with Gasteiger partial charge >= 0.3 is 0 Å². The number of aromatic amines is 1. The maximum absolute atomic E-state index is 11.6. The minimum atomic E-state index is 0.162. The first kappa shape index (κ1) is 10.4. The van der Waals surface area contributed by atoms with E-state index in [1.165, 1.54) is 22.0 Å². The molecule has 2 heterocycles. The van der Waals surface area contributed by atoms with E-state index in [0.29, 0.717) is 0 Å². The van der Waals surface area contributed by atoms with Crippen molar-refractivity contribution in [3.8, 4) is 0 Å². The van der Waals surface area contributed by atoms with Gasteiger partial charge in [-0.25, -0.2) is 0 Å². The van der Waals surface area contributed by atoms with Gasteiger partial charge in [0.05, 0.1) is 6.04 Å². The van der Waals surface area contributed by atoms with Crippen molar-refractivity contribution in [1.82, 2.24) is 9.88 Å². The Labute approximate surface area is 100 Å². The summed E-state index contributed by atoms with van der Waals surface area (Å²) < 4.78 is 0. The summed E-state index contributed by atoms with van der Waals surface area (Å²) in [4.78, 5) is 16.8. The molecular weight excluding hydrogens is 212 g/mol. The van der Waals surface area contributed by atoms with E-state index in [1.807, 2.05) is 11.1 Å². The number of nitrogens with one attached hydrogen (secondary N) is 1. The SMILES string of the molecule is CC(=O)N1CCc2c(ccc3cc[nH]c23)C1C. The van der Waals surface area contributed by atoms with Crippen molar-refractivity contribution in [3.63, 3.8) is 0 Å². The summed E-state index contributed by atoms with van der Waals surface area (Å²) in [6, 6.07) is 6.57. The van der Waals surface area contributed by atoms with Crippen LogP contribution in [-0.4, -0.2) is 22.3 Å². The predicted octanol–water partition coefficient (Wildman–Crippen LogP) is 2.63. The first-order valence-corrected chi connectivity index (χ1v) is 6.04. The number of H-pyrrole nitrogens is 1. The van der Waals surface area contributed by atoms with Crippen LogP contribution in [0.3, 0.4) is 0 Å². The van der Waals surface area contributed by atoms with Crippen LogP contribution in [0.15, 0.2) is 24.4 Å². The lowest BCUT2D eigenvalue weighted by Gasteiger charge is -2.34. The highest BCUT2D eigenvalue weighted by atomic mass is 16.2. The van der Waals surface area contributed by atoms with Gasteiger partial charge < -0.3 is 9.88 Å². The molecule has 0 saturated heterocycles. The normalized spacial score (nSPS) is 19.4. The van der Waals surface area contributed by atoms with Crippen molar-refractivity contribution in [1.29, 1.82) is 0 Å². The molecule has 1 aliphatic heterocycles. The molecule has 0 saturated carbocycles. The third kappa shape index (κ3) is 1.46. The number of fused-ring (bicyclic) bond motifs is 3. The molecule has 1 atom stereocenters. The number of hydrogen-bond acceptors (Lipinski definition) is 1. The summed E-state index contributed by atoms with van der Waals surface area (Å²) in [5, 5.41) is 1.26. The minimum Gasteiger partial charge on any atom is -0.361 e. The minimum absolute atomic E-state index is 0.162. The maximum atomic E-state index is 11.6. The molecule has 1 aromatic carbocycles. The van der Waals surface area contributed by atoms with Crippen molar-refractivity contribution in [2.24, 2.45) is 0 Å². The van der Waals surface area contributed by atoms with Gasteiger partial charge in [0.25, 0.3) is 0 Å². The van der Waals surface area contributed by atoms with Crippen molar-refractivity contribution < 1.29 is 4.79 Å². The van der Waals surface area contributed by atoms with Gasteiger partial charge in [0.2, 0.25) is 5.91 Å². The molecule has 0 radical (unpaired) electrons. The number of nitrogens with zero attached hydrogens (tertiary/aromatic N) is 1. The van der Waals surface area contributed by atoms with Crippen LogP contribution in [-0.2, 0) is 11.2 Å². The highest BCUT2D eigenvalue weighted by molar-refractivity contribution is 5.85. The Morgan fingerprint density at radius 2 is 2.24 bits per heavy atom. The van der Waals surface area contributed by atoms with Gasteiger partial charge in [-0.05, 0) is 35.9 Å². The van der Waals surface area contributed by atoms with Crippen LogP contribution < -0.4 is 0 Å². The van der Waals surface area contributed by atoms with Gasteiger partial charge in [-0.15, -0.1) is 0 Å². The lowest BCUT2D eigenvalue weighted by Crippen LogP contribution is -2.37. The van der Waals surface area contributed by atoms with Crippen molar-refractivity contribution >= 4 is 16.8 Å². The highest BCUT2D eigenvalue weighted by Gasteiger charge is 2.26. The topological polar surface area (TPSA) is 36.1 Å². The summed E-state index contributed by atoms with van der Waals surface area (Å²) >= 11 is 0. The Morgan fingerprint density at radius 1 is 1.41 bits per heavy atom. The molecule has 88 valence electrons. The monoisotopic (exact) mass is 228 g/mol. The lowest BCUT2D eigenvalue weighted by atomic mass is 9.92. The molecule has 3 heteroatoms. The highest BCUT2D eigenvalue weighted by Crippen LogP contribution is 2.33. The molecule has 1 aromatic heterocycles. The molecule has 0 aliphatic carbocycles. The van der Waals surface area contributed by atoms with E-state index in [1.54, 1.807) is 6.92 Å². The van der Waals surface area contributed by atoms with Crippen LogP contribution in [0.1, 0.15) is 31.0 Å². The predicted molar refractivity (Wildman–Crippen MR) is 67.8 cm³/mol. The molecule has 3 rings (SSSR count). The zero-order valence-electron chi connectivity index (χ0n) is 10.2. The fourth-order valence-electron chi connectivity index (χ4n) is 2.89. The fraction of sp³-hybridized carbons (Fsp3) is 0.357. The summed E-state index contributed by atoms with van der Waals surface area (Å²) in [6.07, 6.45) is 2.92. The lowest BCUT2D eigenvalue weighted by molar-refractivity contribution is -0.131. The number of hydrogen-bond donors (Lipinski definition) is 1. The summed E-state index contributed by atoms with van der Waals surface area (Å²) in [6.45, 7) is 4.57. The molecule has 0 bridgehead atoms. The van der Waals surface area contributed by atoms with E-state index in [4.69, 9.17) is 0 Å². The first-order valence-electron chi connectivity index (χ1n) is 6.04. The van der Waals surface area contributed by atoms with Gasteiger partial charge in [-0.1, -0.05) is 12.1 Å². The molecule has 0 spiro atoms. The number of amides is 1. The Hall–Kier alpha value is -1.77. The number of carbonyl (C=O) groups excluding carboxylic acids is 1. The molecule has 1 N–H and O–H groups in total. The first-order chi connectivity index (χ1) is 8.18. The Bertz CT molecular complexity index is 585. The third-order valence-corrected chi connectivity index (χ3v) is 3.80. The smallest absolute Gasteiger partial charge is 0.219 e. The van der Waals surface area contributed by atoms with E-state index in [9.17, 15) is 4.79 Å². The van der Waals surface area contributed by atoms with Gasteiger partial charge in [-0.3, -0.25) is 4.79 Å². The van der Waals surface area contributed by atoms with Crippen LogP contribution in [0.4, 0.5) is 0 Å². The quantitative estimate of drug-likeness (QED) is 0.739. The Kier molecular flexibility index (Phi) is 2.21. The van der Waals surface area contributed by atoms with Gasteiger partial charge in [-0.2, -0.15) is 0 Å². The Morgan fingerprint density at radius 3 is 3.00 bits per heavy atom. The van der Waals surface area contributed by atoms with Crippen LogP contribution in [0, 0.1) is 0 Å². The van der Waals surface area contributed by atoms with E-state index < -0.39 is 0 Å². The standard InChI is InChI=1S/C14H16N2O/c1-9-12-4-3-11-5-7-15-14(11)13(12)6-8-16(9)10(2)17/h3-5,7,9,15H,6,8H2,1-2H3. The largest absolute Gasteiger partial charge is 0.361 e. The van der Waals surface area contributed by atoms with E-state index in [2.05, 4.69) is 30.1 Å². The molecule has 1 aliphatic rings.